The molecule has 0 atom stereocenters. The lowest BCUT2D eigenvalue weighted by atomic mass is 10.4. The first kappa shape index (κ1) is 6.59. The molecular weight excluding hydrogens is 112 g/mol. The minimum absolute atomic E-state index is 1.12. The van der Waals surface area contributed by atoms with Crippen LogP contribution in [0.3, 0.4) is 0 Å². The average Bonchev–Trinajstić information content (AvgIpc) is 2.33. The van der Waals surface area contributed by atoms with Gasteiger partial charge in [-0.15, -0.1) is 0 Å². The van der Waals surface area contributed by atoms with Crippen molar-refractivity contribution in [2.75, 3.05) is 20.1 Å². The van der Waals surface area contributed by atoms with Crippen molar-refractivity contribution in [2.24, 2.45) is 4.99 Å². The SMILES string of the molecule is CCN1CCCC1=NC. The lowest BCUT2D eigenvalue weighted by molar-refractivity contribution is 0.478. The molecule has 1 saturated heterocycles. The van der Waals surface area contributed by atoms with E-state index in [1.54, 1.807) is 0 Å². The number of aliphatic imine (C=N–C) groups is 1. The summed E-state index contributed by atoms with van der Waals surface area (Å²) in [5.41, 5.74) is 0. The van der Waals surface area contributed by atoms with Gasteiger partial charge in [-0.25, -0.2) is 0 Å². The number of rotatable bonds is 1. The summed E-state index contributed by atoms with van der Waals surface area (Å²) >= 11 is 0. The third-order valence-electron chi connectivity index (χ3n) is 1.83. The Kier molecular flexibility index (Phi) is 2.09. The summed E-state index contributed by atoms with van der Waals surface area (Å²) < 4.78 is 0. The standard InChI is InChI=1S/C7H14N2/c1-3-9-6-4-5-7(9)8-2/h3-6H2,1-2H3. The molecule has 1 heterocycles. The van der Waals surface area contributed by atoms with E-state index in [0.29, 0.717) is 0 Å². The fourth-order valence-electron chi connectivity index (χ4n) is 1.31. The van der Waals surface area contributed by atoms with Crippen molar-refractivity contribution in [3.63, 3.8) is 0 Å². The Balaban J connectivity index is 2.52. The summed E-state index contributed by atoms with van der Waals surface area (Å²) in [6.45, 7) is 4.51. The molecule has 0 aliphatic carbocycles. The second kappa shape index (κ2) is 2.85. The van der Waals surface area contributed by atoms with Gasteiger partial charge in [0.15, 0.2) is 0 Å². The first-order chi connectivity index (χ1) is 4.38. The predicted molar refractivity (Wildman–Crippen MR) is 39.8 cm³/mol. The molecule has 2 heteroatoms. The van der Waals surface area contributed by atoms with Crippen LogP contribution in [0.25, 0.3) is 0 Å². The zero-order chi connectivity index (χ0) is 6.69. The molecule has 0 unspecified atom stereocenters. The van der Waals surface area contributed by atoms with E-state index in [4.69, 9.17) is 0 Å². The van der Waals surface area contributed by atoms with Crippen LogP contribution in [0.1, 0.15) is 19.8 Å². The number of likely N-dealkylation sites (tertiary alicyclic amines) is 1. The lowest BCUT2D eigenvalue weighted by Gasteiger charge is -2.14. The lowest BCUT2D eigenvalue weighted by Crippen LogP contribution is -2.23. The Morgan fingerprint density at radius 2 is 2.44 bits per heavy atom. The molecule has 0 aromatic rings. The normalized spacial score (nSPS) is 23.8. The van der Waals surface area contributed by atoms with Gasteiger partial charge in [0, 0.05) is 26.6 Å². The highest BCUT2D eigenvalue weighted by Crippen LogP contribution is 2.09. The molecule has 0 aromatic heterocycles. The Bertz CT molecular complexity index is 118. The Hall–Kier alpha value is -0.530. The molecule has 1 aliphatic heterocycles. The molecule has 0 radical (unpaired) electrons. The highest BCUT2D eigenvalue weighted by Gasteiger charge is 2.14. The van der Waals surface area contributed by atoms with Gasteiger partial charge in [-0.2, -0.15) is 0 Å². The second-order valence-corrected chi connectivity index (χ2v) is 2.32. The van der Waals surface area contributed by atoms with Crippen LogP contribution >= 0.6 is 0 Å². The van der Waals surface area contributed by atoms with Crippen molar-refractivity contribution in [2.45, 2.75) is 19.8 Å². The van der Waals surface area contributed by atoms with Crippen LogP contribution in [0.2, 0.25) is 0 Å². The van der Waals surface area contributed by atoms with Crippen LogP contribution in [-0.2, 0) is 0 Å². The molecule has 0 N–H and O–H groups in total. The summed E-state index contributed by atoms with van der Waals surface area (Å²) in [5.74, 6) is 1.29. The van der Waals surface area contributed by atoms with Gasteiger partial charge in [0.05, 0.1) is 5.84 Å². The second-order valence-electron chi connectivity index (χ2n) is 2.32. The Morgan fingerprint density at radius 1 is 1.67 bits per heavy atom. The monoisotopic (exact) mass is 126 g/mol. The zero-order valence-corrected chi connectivity index (χ0v) is 6.22. The van der Waals surface area contributed by atoms with Crippen LogP contribution in [0.5, 0.6) is 0 Å². The minimum atomic E-state index is 1.12. The van der Waals surface area contributed by atoms with E-state index in [0.717, 1.165) is 6.54 Å². The number of hydrogen-bond acceptors (Lipinski definition) is 1. The molecule has 0 saturated carbocycles. The number of amidine groups is 1. The Labute approximate surface area is 56.6 Å². The van der Waals surface area contributed by atoms with Gasteiger partial charge in [0.2, 0.25) is 0 Å². The minimum Gasteiger partial charge on any atom is -0.361 e. The van der Waals surface area contributed by atoms with E-state index in [2.05, 4.69) is 16.8 Å². The molecule has 0 aromatic carbocycles. The van der Waals surface area contributed by atoms with E-state index >= 15 is 0 Å². The maximum atomic E-state index is 4.18. The summed E-state index contributed by atoms with van der Waals surface area (Å²) in [5, 5.41) is 0. The van der Waals surface area contributed by atoms with Gasteiger partial charge < -0.3 is 4.90 Å². The van der Waals surface area contributed by atoms with E-state index in [1.807, 2.05) is 7.05 Å². The predicted octanol–water partition coefficient (Wildman–Crippen LogP) is 1.13. The van der Waals surface area contributed by atoms with Crippen molar-refractivity contribution in [3.8, 4) is 0 Å². The summed E-state index contributed by atoms with van der Waals surface area (Å²) in [6.07, 6.45) is 2.48. The third kappa shape index (κ3) is 1.23. The van der Waals surface area contributed by atoms with Crippen molar-refractivity contribution < 1.29 is 0 Å². The average molecular weight is 126 g/mol. The topological polar surface area (TPSA) is 15.6 Å². The van der Waals surface area contributed by atoms with Crippen molar-refractivity contribution in [1.82, 2.24) is 4.90 Å². The summed E-state index contributed by atoms with van der Waals surface area (Å²) in [4.78, 5) is 6.52. The zero-order valence-electron chi connectivity index (χ0n) is 6.22. The molecule has 1 rings (SSSR count). The van der Waals surface area contributed by atoms with E-state index in [9.17, 15) is 0 Å². The highest BCUT2D eigenvalue weighted by atomic mass is 15.2. The first-order valence-corrected chi connectivity index (χ1v) is 3.59. The molecule has 52 valence electrons. The molecule has 2 nitrogen and oxygen atoms in total. The van der Waals surface area contributed by atoms with Crippen LogP contribution in [0.15, 0.2) is 4.99 Å². The van der Waals surface area contributed by atoms with Gasteiger partial charge >= 0.3 is 0 Å². The van der Waals surface area contributed by atoms with Gasteiger partial charge in [-0.05, 0) is 13.3 Å². The van der Waals surface area contributed by atoms with Gasteiger partial charge in [-0.1, -0.05) is 0 Å². The van der Waals surface area contributed by atoms with Crippen LogP contribution < -0.4 is 0 Å². The van der Waals surface area contributed by atoms with Gasteiger partial charge in [0.25, 0.3) is 0 Å². The van der Waals surface area contributed by atoms with Gasteiger partial charge in [-0.3, -0.25) is 4.99 Å². The molecule has 1 fully saturated rings. The van der Waals surface area contributed by atoms with E-state index in [1.165, 1.54) is 25.2 Å². The largest absolute Gasteiger partial charge is 0.361 e. The summed E-state index contributed by atoms with van der Waals surface area (Å²) in [7, 11) is 1.88. The first-order valence-electron chi connectivity index (χ1n) is 3.59. The molecule has 0 bridgehead atoms. The highest BCUT2D eigenvalue weighted by molar-refractivity contribution is 5.83. The number of hydrogen-bond donors (Lipinski definition) is 0. The third-order valence-corrected chi connectivity index (χ3v) is 1.83. The number of nitrogens with zero attached hydrogens (tertiary/aromatic N) is 2. The molecule has 0 amide bonds. The molecule has 0 spiro atoms. The van der Waals surface area contributed by atoms with Crippen LogP contribution in [-0.4, -0.2) is 30.9 Å². The molecule has 9 heavy (non-hydrogen) atoms. The maximum Gasteiger partial charge on any atom is 0.0986 e. The van der Waals surface area contributed by atoms with Crippen molar-refractivity contribution in [3.05, 3.63) is 0 Å². The Morgan fingerprint density at radius 3 is 2.89 bits per heavy atom. The van der Waals surface area contributed by atoms with Crippen LogP contribution in [0.4, 0.5) is 0 Å². The maximum absolute atomic E-state index is 4.18. The molecule has 1 aliphatic rings. The van der Waals surface area contributed by atoms with E-state index in [-0.39, 0.29) is 0 Å². The van der Waals surface area contributed by atoms with Crippen molar-refractivity contribution >= 4 is 5.84 Å². The quantitative estimate of drug-likeness (QED) is 0.514. The molecular formula is C7H14N2. The fourth-order valence-corrected chi connectivity index (χ4v) is 1.31. The van der Waals surface area contributed by atoms with Crippen molar-refractivity contribution in [1.29, 1.82) is 0 Å². The summed E-state index contributed by atoms with van der Waals surface area (Å²) in [6, 6.07) is 0. The fraction of sp³-hybridized carbons (Fsp3) is 0.857. The smallest absolute Gasteiger partial charge is 0.0986 e. The van der Waals surface area contributed by atoms with E-state index < -0.39 is 0 Å². The van der Waals surface area contributed by atoms with Gasteiger partial charge in [0.1, 0.15) is 0 Å². The van der Waals surface area contributed by atoms with Crippen LogP contribution in [0, 0.1) is 0 Å².